The number of alkyl halides is 4. The number of hydrogen-bond acceptors (Lipinski definition) is 7. The van der Waals surface area contributed by atoms with Crippen molar-refractivity contribution >= 4 is 11.8 Å². The molecule has 0 bridgehead atoms. The highest BCUT2D eigenvalue weighted by Crippen LogP contribution is 2.25. The molecule has 2 amide bonds. The monoisotopic (exact) mass is 615 g/mol. The summed E-state index contributed by atoms with van der Waals surface area (Å²) in [6.07, 6.45) is -3.69. The van der Waals surface area contributed by atoms with Gasteiger partial charge in [-0.05, 0) is 18.2 Å². The lowest BCUT2D eigenvalue weighted by Gasteiger charge is -2.14. The summed E-state index contributed by atoms with van der Waals surface area (Å²) in [4.78, 5) is 29.0. The van der Waals surface area contributed by atoms with Gasteiger partial charge in [0, 0.05) is 5.56 Å². The molecule has 0 aliphatic heterocycles. The van der Waals surface area contributed by atoms with Crippen LogP contribution in [-0.4, -0.2) is 66.0 Å². The molecule has 2 aromatic carbocycles. The molecule has 10 nitrogen and oxygen atoms in total. The molecule has 1 aromatic heterocycles. The lowest BCUT2D eigenvalue weighted by molar-refractivity contribution is -0.123. The van der Waals surface area contributed by atoms with Crippen LogP contribution in [0.3, 0.4) is 0 Å². The van der Waals surface area contributed by atoms with E-state index in [1.807, 2.05) is 0 Å². The first-order valence-corrected chi connectivity index (χ1v) is 11.4. The molecule has 3 rings (SSSR count). The van der Waals surface area contributed by atoms with E-state index in [9.17, 15) is 49.1 Å². The zero-order valence-electron chi connectivity index (χ0n) is 20.8. The van der Waals surface area contributed by atoms with Gasteiger partial charge in [0.15, 0.2) is 29.0 Å². The Labute approximate surface area is 229 Å². The Hall–Kier alpha value is -4.39. The van der Waals surface area contributed by atoms with Gasteiger partial charge in [-0.15, -0.1) is 5.10 Å². The fourth-order valence-electron chi connectivity index (χ4n) is 3.10. The van der Waals surface area contributed by atoms with E-state index < -0.39 is 78.2 Å². The minimum Gasteiger partial charge on any atom is -0.489 e. The molecule has 2 N–H and O–H groups in total. The molecule has 1 heterocycles. The molecule has 19 heteroatoms. The fraction of sp³-hybridized carbons (Fsp3) is 0.304. The number of aromatic nitrogens is 3. The van der Waals surface area contributed by atoms with Crippen molar-refractivity contribution in [1.82, 2.24) is 25.8 Å². The average molecular weight is 615 g/mol. The lowest BCUT2D eigenvalue weighted by Crippen LogP contribution is -2.33. The molecule has 0 atom stereocenters. The summed E-state index contributed by atoms with van der Waals surface area (Å²) >= 11 is 0. The smallest absolute Gasteiger partial charge is 0.405 e. The molecule has 0 fully saturated rings. The predicted molar refractivity (Wildman–Crippen MR) is 121 cm³/mol. The van der Waals surface area contributed by atoms with Crippen molar-refractivity contribution in [2.24, 2.45) is 0 Å². The number of rotatable bonds is 13. The van der Waals surface area contributed by atoms with Crippen LogP contribution >= 0.6 is 0 Å². The van der Waals surface area contributed by atoms with Gasteiger partial charge in [-0.25, -0.2) is 36.5 Å². The molecular formula is C23H18F9N5O5. The molecule has 42 heavy (non-hydrogen) atoms. The first-order valence-electron chi connectivity index (χ1n) is 11.4. The minimum atomic E-state index is -4.67. The molecule has 3 aromatic rings. The van der Waals surface area contributed by atoms with E-state index in [0.29, 0.717) is 0 Å². The largest absolute Gasteiger partial charge is 0.489 e. The van der Waals surface area contributed by atoms with E-state index in [1.165, 1.54) is 6.07 Å². The Bertz CT molecular complexity index is 1410. The summed E-state index contributed by atoms with van der Waals surface area (Å²) in [6.45, 7) is -4.17. The molecule has 228 valence electrons. The van der Waals surface area contributed by atoms with Gasteiger partial charge in [0.2, 0.25) is 5.82 Å². The zero-order valence-corrected chi connectivity index (χ0v) is 20.8. The van der Waals surface area contributed by atoms with Gasteiger partial charge >= 0.3 is 6.18 Å². The quantitative estimate of drug-likeness (QED) is 0.0995. The Balaban J connectivity index is 1.74. The van der Waals surface area contributed by atoms with Crippen molar-refractivity contribution in [2.75, 3.05) is 33.0 Å². The van der Waals surface area contributed by atoms with Crippen LogP contribution in [-0.2, 0) is 16.2 Å². The van der Waals surface area contributed by atoms with Crippen molar-refractivity contribution in [2.45, 2.75) is 12.8 Å². The maximum Gasteiger partial charge on any atom is 0.405 e. The summed E-state index contributed by atoms with van der Waals surface area (Å²) in [6, 6.07) is 3.36. The predicted octanol–water partition coefficient (Wildman–Crippen LogP) is 3.48. The first-order chi connectivity index (χ1) is 19.8. The summed E-state index contributed by atoms with van der Waals surface area (Å²) in [5.74, 6) is -13.5. The Kier molecular flexibility index (Phi) is 10.7. The fourth-order valence-corrected chi connectivity index (χ4v) is 3.10. The van der Waals surface area contributed by atoms with Gasteiger partial charge in [-0.2, -0.15) is 13.2 Å². The number of hydrogen-bond donors (Lipinski definition) is 2. The van der Waals surface area contributed by atoms with Gasteiger partial charge in [0.05, 0.1) is 25.0 Å². The van der Waals surface area contributed by atoms with Gasteiger partial charge in [0.1, 0.15) is 37.9 Å². The second kappa shape index (κ2) is 14.0. The molecule has 0 saturated heterocycles. The highest BCUT2D eigenvalue weighted by Gasteiger charge is 2.28. The highest BCUT2D eigenvalue weighted by molar-refractivity contribution is 5.95. The van der Waals surface area contributed by atoms with Crippen LogP contribution in [0.1, 0.15) is 26.4 Å². The van der Waals surface area contributed by atoms with Crippen LogP contribution in [0.4, 0.5) is 39.5 Å². The second-order valence-electron chi connectivity index (χ2n) is 7.95. The molecular weight excluding hydrogens is 597 g/mol. The van der Waals surface area contributed by atoms with Crippen LogP contribution in [0.25, 0.3) is 5.69 Å². The zero-order chi connectivity index (χ0) is 31.0. The molecule has 0 spiro atoms. The molecule has 0 aliphatic rings. The third-order valence-corrected chi connectivity index (χ3v) is 5.03. The van der Waals surface area contributed by atoms with Crippen molar-refractivity contribution in [3.63, 3.8) is 0 Å². The van der Waals surface area contributed by atoms with Crippen LogP contribution < -0.4 is 15.5 Å². The van der Waals surface area contributed by atoms with Gasteiger partial charge < -0.3 is 14.8 Å². The highest BCUT2D eigenvalue weighted by atomic mass is 19.4. The third kappa shape index (κ3) is 8.09. The van der Waals surface area contributed by atoms with E-state index in [-0.39, 0.29) is 36.8 Å². The number of ether oxygens (including phenoxy) is 2. The molecule has 0 aliphatic carbocycles. The molecule has 0 saturated carbocycles. The van der Waals surface area contributed by atoms with Gasteiger partial charge in [-0.3, -0.25) is 14.4 Å². The van der Waals surface area contributed by atoms with E-state index in [4.69, 9.17) is 9.47 Å². The number of benzene rings is 2. The van der Waals surface area contributed by atoms with Crippen LogP contribution in [0, 0.1) is 29.1 Å². The summed E-state index contributed by atoms with van der Waals surface area (Å²) in [7, 11) is 0. The topological polar surface area (TPSA) is 117 Å². The van der Waals surface area contributed by atoms with Crippen molar-refractivity contribution in [3.05, 3.63) is 70.3 Å². The second-order valence-corrected chi connectivity index (χ2v) is 7.95. The maximum atomic E-state index is 13.8. The number of carbonyl (C=O) groups excluding carboxylic acids is 2. The number of halogens is 9. The number of nitrogens with zero attached hydrogens (tertiary/aromatic N) is 3. The van der Waals surface area contributed by atoms with E-state index in [1.54, 1.807) is 10.8 Å². The maximum absolute atomic E-state index is 13.8. The van der Waals surface area contributed by atoms with Gasteiger partial charge in [-0.1, -0.05) is 5.21 Å². The Morgan fingerprint density at radius 2 is 1.57 bits per heavy atom. The summed E-state index contributed by atoms with van der Waals surface area (Å²) in [5, 5.41) is 8.90. The average Bonchev–Trinajstić information content (AvgIpc) is 3.45. The SMILES string of the molecule is O=C(NCC(F)(F)F)c1ccc(-n2cc(C(=O)NOCc3c(F)c(F)c(F)c(F)c3F)nn2)c(OCCOCCF)c1. The molecule has 0 unspecified atom stereocenters. The van der Waals surface area contributed by atoms with Crippen molar-refractivity contribution < 1.29 is 63.4 Å². The number of nitrogens with one attached hydrogen (secondary N) is 2. The standard InChI is InChI=1S/C23H18F9N5O5/c24-3-4-40-5-6-41-15-7-11(21(38)33-10-23(30,31)32)1-2-14(15)37-8-13(34-36-37)22(39)35-42-9-12-16(25)18(27)20(29)19(28)17(12)26/h1-2,7-8H,3-6,9-10H2,(H,33,38)(H,35,39). The first kappa shape index (κ1) is 32.1. The summed E-state index contributed by atoms with van der Waals surface area (Å²) in [5.41, 5.74) is -0.387. The van der Waals surface area contributed by atoms with E-state index in [2.05, 4.69) is 15.1 Å². The van der Waals surface area contributed by atoms with Crippen molar-refractivity contribution in [1.29, 1.82) is 0 Å². The lowest BCUT2D eigenvalue weighted by atomic mass is 10.1. The number of carbonyl (C=O) groups is 2. The minimum absolute atomic E-state index is 0.0155. The number of amides is 2. The van der Waals surface area contributed by atoms with Gasteiger partial charge in [0.25, 0.3) is 11.8 Å². The Morgan fingerprint density at radius 1 is 0.905 bits per heavy atom. The van der Waals surface area contributed by atoms with E-state index in [0.717, 1.165) is 23.0 Å². The van der Waals surface area contributed by atoms with Crippen LogP contribution in [0.15, 0.2) is 24.4 Å². The molecule has 0 radical (unpaired) electrons. The van der Waals surface area contributed by atoms with Crippen LogP contribution in [0.2, 0.25) is 0 Å². The van der Waals surface area contributed by atoms with Crippen molar-refractivity contribution in [3.8, 4) is 11.4 Å². The third-order valence-electron chi connectivity index (χ3n) is 5.03. The number of hydroxylamine groups is 1. The Morgan fingerprint density at radius 3 is 2.21 bits per heavy atom. The van der Waals surface area contributed by atoms with E-state index >= 15 is 0 Å². The normalized spacial score (nSPS) is 11.5. The summed E-state index contributed by atoms with van der Waals surface area (Å²) < 4.78 is 128. The van der Waals surface area contributed by atoms with Crippen LogP contribution in [0.5, 0.6) is 5.75 Å².